The first kappa shape index (κ1) is 18.3. The molecule has 1 heterocycles. The fourth-order valence-electron chi connectivity index (χ4n) is 2.19. The summed E-state index contributed by atoms with van der Waals surface area (Å²) in [5, 5.41) is 14.0. The second kappa shape index (κ2) is 7.69. The summed E-state index contributed by atoms with van der Waals surface area (Å²) in [6.07, 6.45) is 1.33. The van der Waals surface area contributed by atoms with Crippen molar-refractivity contribution in [2.24, 2.45) is 5.92 Å². The van der Waals surface area contributed by atoms with Crippen molar-refractivity contribution in [1.82, 2.24) is 20.6 Å². The highest BCUT2D eigenvalue weighted by Crippen LogP contribution is 2.08. The van der Waals surface area contributed by atoms with E-state index in [-0.39, 0.29) is 11.6 Å². The third-order valence-corrected chi connectivity index (χ3v) is 3.65. The first-order chi connectivity index (χ1) is 11.8. The standard InChI is InChI=1S/C17H20N4O4/c1-9(2)14(17(24)25)21-15(22)10(3)19-16(23)13-8-18-11-6-4-5-7-12(11)20-13/h4-10,14H,1-3H3,(H,19,23)(H,21,22)(H,24,25)/t10-,14+/m1/s1. The lowest BCUT2D eigenvalue weighted by atomic mass is 10.0. The molecule has 0 saturated heterocycles. The monoisotopic (exact) mass is 344 g/mol. The van der Waals surface area contributed by atoms with Gasteiger partial charge in [0.25, 0.3) is 5.91 Å². The lowest BCUT2D eigenvalue weighted by Gasteiger charge is -2.21. The Kier molecular flexibility index (Phi) is 5.63. The van der Waals surface area contributed by atoms with E-state index in [4.69, 9.17) is 5.11 Å². The maximum atomic E-state index is 12.2. The van der Waals surface area contributed by atoms with Crippen LogP contribution in [0.5, 0.6) is 0 Å². The first-order valence-electron chi connectivity index (χ1n) is 7.85. The molecule has 8 nitrogen and oxygen atoms in total. The lowest BCUT2D eigenvalue weighted by molar-refractivity contribution is -0.143. The highest BCUT2D eigenvalue weighted by molar-refractivity contribution is 5.97. The summed E-state index contributed by atoms with van der Waals surface area (Å²) in [6.45, 7) is 4.85. The van der Waals surface area contributed by atoms with Crippen molar-refractivity contribution in [3.8, 4) is 0 Å². The maximum Gasteiger partial charge on any atom is 0.326 e. The van der Waals surface area contributed by atoms with Crippen LogP contribution in [0.4, 0.5) is 0 Å². The van der Waals surface area contributed by atoms with Crippen molar-refractivity contribution >= 4 is 28.8 Å². The van der Waals surface area contributed by atoms with Gasteiger partial charge in [-0.2, -0.15) is 0 Å². The van der Waals surface area contributed by atoms with Crippen LogP contribution in [0.3, 0.4) is 0 Å². The topological polar surface area (TPSA) is 121 Å². The van der Waals surface area contributed by atoms with E-state index < -0.39 is 29.9 Å². The van der Waals surface area contributed by atoms with Crippen molar-refractivity contribution in [3.05, 3.63) is 36.2 Å². The number of para-hydroxylation sites is 2. The van der Waals surface area contributed by atoms with Crippen LogP contribution in [0.2, 0.25) is 0 Å². The highest BCUT2D eigenvalue weighted by atomic mass is 16.4. The summed E-state index contributed by atoms with van der Waals surface area (Å²) in [7, 11) is 0. The largest absolute Gasteiger partial charge is 0.480 e. The van der Waals surface area contributed by atoms with Gasteiger partial charge in [-0.1, -0.05) is 26.0 Å². The van der Waals surface area contributed by atoms with E-state index >= 15 is 0 Å². The van der Waals surface area contributed by atoms with Gasteiger partial charge in [-0.25, -0.2) is 9.78 Å². The van der Waals surface area contributed by atoms with Crippen LogP contribution < -0.4 is 10.6 Å². The number of hydrogen-bond acceptors (Lipinski definition) is 5. The Morgan fingerprint density at radius 2 is 1.68 bits per heavy atom. The molecule has 0 bridgehead atoms. The lowest BCUT2D eigenvalue weighted by Crippen LogP contribution is -2.52. The van der Waals surface area contributed by atoms with E-state index in [0.717, 1.165) is 0 Å². The zero-order valence-electron chi connectivity index (χ0n) is 14.2. The van der Waals surface area contributed by atoms with E-state index in [9.17, 15) is 14.4 Å². The molecule has 0 fully saturated rings. The van der Waals surface area contributed by atoms with Crippen LogP contribution in [0.25, 0.3) is 11.0 Å². The van der Waals surface area contributed by atoms with Crippen molar-refractivity contribution in [3.63, 3.8) is 0 Å². The van der Waals surface area contributed by atoms with Gasteiger partial charge < -0.3 is 15.7 Å². The van der Waals surface area contributed by atoms with Crippen molar-refractivity contribution in [2.75, 3.05) is 0 Å². The summed E-state index contributed by atoms with van der Waals surface area (Å²) in [6, 6.07) is 5.17. The molecule has 0 aliphatic carbocycles. The van der Waals surface area contributed by atoms with Crippen LogP contribution in [0.15, 0.2) is 30.5 Å². The van der Waals surface area contributed by atoms with Crippen LogP contribution >= 0.6 is 0 Å². The molecule has 0 saturated carbocycles. The summed E-state index contributed by atoms with van der Waals surface area (Å²) in [5.41, 5.74) is 1.31. The Balaban J connectivity index is 2.05. The third kappa shape index (κ3) is 4.50. The number of rotatable bonds is 6. The molecule has 0 unspecified atom stereocenters. The highest BCUT2D eigenvalue weighted by Gasteiger charge is 2.26. The number of hydrogen-bond donors (Lipinski definition) is 3. The molecule has 0 aliphatic heterocycles. The Bertz CT molecular complexity index is 806. The van der Waals surface area contributed by atoms with Gasteiger partial charge in [0.2, 0.25) is 5.91 Å². The van der Waals surface area contributed by atoms with Crippen molar-refractivity contribution in [1.29, 1.82) is 0 Å². The number of benzene rings is 1. The summed E-state index contributed by atoms with van der Waals surface area (Å²) in [4.78, 5) is 43.9. The van der Waals surface area contributed by atoms with Crippen LogP contribution in [0.1, 0.15) is 31.3 Å². The van der Waals surface area contributed by atoms with E-state index in [1.54, 1.807) is 32.0 Å². The van der Waals surface area contributed by atoms with E-state index in [1.807, 2.05) is 6.07 Å². The van der Waals surface area contributed by atoms with Crippen molar-refractivity contribution < 1.29 is 19.5 Å². The number of carboxylic acids is 1. The summed E-state index contributed by atoms with van der Waals surface area (Å²) >= 11 is 0. The van der Waals surface area contributed by atoms with Gasteiger partial charge in [0.1, 0.15) is 17.8 Å². The quantitative estimate of drug-likeness (QED) is 0.718. The number of aliphatic carboxylic acids is 1. The van der Waals surface area contributed by atoms with Gasteiger partial charge in [-0.3, -0.25) is 14.6 Å². The van der Waals surface area contributed by atoms with Gasteiger partial charge in [0, 0.05) is 0 Å². The fraction of sp³-hybridized carbons (Fsp3) is 0.353. The maximum absolute atomic E-state index is 12.2. The Hall–Kier alpha value is -3.03. The molecule has 132 valence electrons. The first-order valence-corrected chi connectivity index (χ1v) is 7.85. The molecular weight excluding hydrogens is 324 g/mol. The van der Waals surface area contributed by atoms with Gasteiger partial charge >= 0.3 is 5.97 Å². The number of carboxylic acid groups (broad SMARTS) is 1. The normalized spacial score (nSPS) is 13.3. The third-order valence-electron chi connectivity index (χ3n) is 3.65. The minimum atomic E-state index is -1.12. The minimum Gasteiger partial charge on any atom is -0.480 e. The number of nitrogens with zero attached hydrogens (tertiary/aromatic N) is 2. The van der Waals surface area contributed by atoms with Gasteiger partial charge in [0.05, 0.1) is 17.2 Å². The molecule has 1 aromatic heterocycles. The summed E-state index contributed by atoms with van der Waals surface area (Å²) < 4.78 is 0. The average molecular weight is 344 g/mol. The molecule has 8 heteroatoms. The molecule has 2 aromatic rings. The van der Waals surface area contributed by atoms with E-state index in [2.05, 4.69) is 20.6 Å². The number of nitrogens with one attached hydrogen (secondary N) is 2. The molecule has 0 aliphatic rings. The number of amides is 2. The SMILES string of the molecule is CC(C)[C@H](NC(=O)[C@@H](C)NC(=O)c1cnc2ccccc2n1)C(=O)O. The smallest absolute Gasteiger partial charge is 0.326 e. The minimum absolute atomic E-state index is 0.0806. The van der Waals surface area contributed by atoms with Gasteiger partial charge in [-0.05, 0) is 25.0 Å². The second-order valence-electron chi connectivity index (χ2n) is 6.01. The van der Waals surface area contributed by atoms with E-state index in [1.165, 1.54) is 13.1 Å². The van der Waals surface area contributed by atoms with Crippen LogP contribution in [-0.4, -0.2) is 44.9 Å². The second-order valence-corrected chi connectivity index (χ2v) is 6.01. The van der Waals surface area contributed by atoms with Crippen LogP contribution in [0, 0.1) is 5.92 Å². The molecule has 3 N–H and O–H groups in total. The van der Waals surface area contributed by atoms with Gasteiger partial charge in [0.15, 0.2) is 0 Å². The summed E-state index contributed by atoms with van der Waals surface area (Å²) in [5.74, 6) is -2.54. The number of carbonyl (C=O) groups is 3. The van der Waals surface area contributed by atoms with Crippen LogP contribution in [-0.2, 0) is 9.59 Å². The molecular formula is C17H20N4O4. The molecule has 2 rings (SSSR count). The Morgan fingerprint density at radius 3 is 2.28 bits per heavy atom. The fourth-order valence-corrected chi connectivity index (χ4v) is 2.19. The molecule has 0 spiro atoms. The molecule has 1 aromatic carbocycles. The number of carbonyl (C=O) groups excluding carboxylic acids is 2. The predicted octanol–water partition coefficient (Wildman–Crippen LogP) is 0.973. The predicted molar refractivity (Wildman–Crippen MR) is 90.9 cm³/mol. The van der Waals surface area contributed by atoms with Crippen molar-refractivity contribution in [2.45, 2.75) is 32.9 Å². The van der Waals surface area contributed by atoms with E-state index in [0.29, 0.717) is 11.0 Å². The molecule has 2 atom stereocenters. The Labute approximate surface area is 144 Å². The average Bonchev–Trinajstić information content (AvgIpc) is 2.58. The molecule has 2 amide bonds. The van der Waals surface area contributed by atoms with Gasteiger partial charge in [-0.15, -0.1) is 0 Å². The Morgan fingerprint density at radius 1 is 1.04 bits per heavy atom. The number of fused-ring (bicyclic) bond motifs is 1. The molecule has 25 heavy (non-hydrogen) atoms. The number of aromatic nitrogens is 2. The molecule has 0 radical (unpaired) electrons. The zero-order chi connectivity index (χ0) is 18.6. The zero-order valence-corrected chi connectivity index (χ0v) is 14.2.